The molecule has 0 atom stereocenters. The molecular formula is C35H35LiN5NaO14S2. The number of hydrogen-bond acceptors (Lipinski definition) is 17. The van der Waals surface area contributed by atoms with Gasteiger partial charge >= 0.3 is 60.4 Å². The summed E-state index contributed by atoms with van der Waals surface area (Å²) in [4.78, 5) is 47.0. The van der Waals surface area contributed by atoms with Crippen molar-refractivity contribution in [2.24, 2.45) is 10.2 Å². The van der Waals surface area contributed by atoms with Crippen molar-refractivity contribution in [3.63, 3.8) is 0 Å². The van der Waals surface area contributed by atoms with Crippen LogP contribution in [-0.4, -0.2) is 120 Å². The number of carboxylic acids is 2. The largest absolute Gasteiger partial charge is 1.00 e. The Morgan fingerprint density at radius 1 is 0.741 bits per heavy atom. The summed E-state index contributed by atoms with van der Waals surface area (Å²) < 4.78 is 72.4. The number of ketones is 2. The first kappa shape index (κ1) is 51.7. The first-order chi connectivity index (χ1) is 26.2. The monoisotopic (exact) mass is 843 g/mol. The molecule has 0 bridgehead atoms. The zero-order valence-electron chi connectivity index (χ0n) is 31.8. The fourth-order valence-corrected chi connectivity index (χ4v) is 6.11. The standard InChI is InChI=1S/C30H24N4O12S2.C5H13NO2.Li.Na/c1-15-9-20(12-22(27(15)35)29(37)38)32-31-19-7-6-18(25(14-19)47(41,42)43)5-3-17-4-8-24(26(11-17)48(44,45)46)34-33-21-10-16(2)28(36)23(13-21)30(39)40;1-6(2-4-7)3-5-8;;/h3-14,31,34H,1-2H3,(H,37,38)(H,39,40)(H,41,42,43)(H,44,45,46);7-8H,2-5H2,1H3;;/q;;2*+1/p-2. The number of benzene rings is 2. The van der Waals surface area contributed by atoms with E-state index in [1.165, 1.54) is 56.4 Å². The first-order valence-corrected chi connectivity index (χ1v) is 18.8. The molecule has 2 aromatic rings. The van der Waals surface area contributed by atoms with Gasteiger partial charge in [0.2, 0.25) is 0 Å². The number of carbonyl (C=O) groups is 4. The third kappa shape index (κ3) is 14.8. The predicted octanol–water partition coefficient (Wildman–Crippen LogP) is -4.81. The molecule has 298 valence electrons. The van der Waals surface area contributed by atoms with Gasteiger partial charge in [-0.05, 0) is 91.7 Å². The Bertz CT molecular complexity index is 2380. The molecule has 2 aliphatic carbocycles. The van der Waals surface area contributed by atoms with E-state index < -0.39 is 64.7 Å². The fourth-order valence-electron chi connectivity index (χ4n) is 4.75. The molecule has 0 aliphatic heterocycles. The molecule has 0 aromatic heterocycles. The molecule has 0 spiro atoms. The van der Waals surface area contributed by atoms with E-state index in [0.29, 0.717) is 13.1 Å². The maximum Gasteiger partial charge on any atom is 1.00 e. The van der Waals surface area contributed by atoms with Gasteiger partial charge in [-0.25, -0.2) is 26.4 Å². The van der Waals surface area contributed by atoms with Gasteiger partial charge in [0.05, 0.1) is 45.8 Å². The van der Waals surface area contributed by atoms with E-state index in [9.17, 15) is 55.3 Å². The number of carbonyl (C=O) groups excluding carboxylic acids is 2. The van der Waals surface area contributed by atoms with Crippen molar-refractivity contribution in [3.05, 3.63) is 94.1 Å². The maximum atomic E-state index is 12.1. The van der Waals surface area contributed by atoms with Crippen molar-refractivity contribution in [2.75, 3.05) is 44.2 Å². The zero-order valence-corrected chi connectivity index (χ0v) is 35.4. The number of nitrogens with zero attached hydrogens (tertiary/aromatic N) is 3. The van der Waals surface area contributed by atoms with Crippen LogP contribution in [0.3, 0.4) is 0 Å². The van der Waals surface area contributed by atoms with Crippen LogP contribution in [0, 0.1) is 0 Å². The summed E-state index contributed by atoms with van der Waals surface area (Å²) in [6.45, 7) is 4.36. The Morgan fingerprint density at radius 2 is 1.22 bits per heavy atom. The van der Waals surface area contributed by atoms with Crippen LogP contribution in [0.2, 0.25) is 0 Å². The van der Waals surface area contributed by atoms with Gasteiger partial charge in [0.1, 0.15) is 31.4 Å². The molecule has 0 saturated heterocycles. The van der Waals surface area contributed by atoms with Crippen LogP contribution in [0.4, 0.5) is 11.4 Å². The maximum absolute atomic E-state index is 12.1. The van der Waals surface area contributed by atoms with Crippen molar-refractivity contribution in [1.82, 2.24) is 4.90 Å². The van der Waals surface area contributed by atoms with E-state index in [1.807, 2.05) is 11.9 Å². The number of hydrogen-bond donors (Lipinski definition) is 6. The van der Waals surface area contributed by atoms with Crippen LogP contribution in [0.5, 0.6) is 0 Å². The third-order valence-corrected chi connectivity index (χ3v) is 9.34. The van der Waals surface area contributed by atoms with E-state index in [2.05, 4.69) is 21.1 Å². The summed E-state index contributed by atoms with van der Waals surface area (Å²) in [7, 11) is -8.36. The number of anilines is 2. The van der Waals surface area contributed by atoms with Gasteiger partial charge in [-0.15, -0.1) is 0 Å². The summed E-state index contributed by atoms with van der Waals surface area (Å²) in [5, 5.41) is 43.0. The van der Waals surface area contributed by atoms with Gasteiger partial charge in [-0.1, -0.05) is 24.3 Å². The van der Waals surface area contributed by atoms with E-state index in [1.54, 1.807) is 0 Å². The van der Waals surface area contributed by atoms with E-state index in [-0.39, 0.29) is 107 Å². The molecule has 58 heavy (non-hydrogen) atoms. The van der Waals surface area contributed by atoms with Gasteiger partial charge in [0, 0.05) is 13.1 Å². The SMILES string of the molecule is CC1=CC(=NNc2ccc(C=Cc3ccc(NN=C4C=C(C)C(=O)C(C(=O)O)=C4)c(S(=O)(=O)[O-])c3)c(S(=O)(=O)[O-])c2)C=C(C(=O)O)C1=O.CN(CCO)CCO.[Li+].[Na+]. The van der Waals surface area contributed by atoms with Crippen LogP contribution in [0.25, 0.3) is 12.2 Å². The quantitative estimate of drug-likeness (QED) is 0.0260. The molecular weight excluding hydrogens is 808 g/mol. The Hall–Kier alpha value is -4.34. The number of aliphatic hydroxyl groups excluding tert-OH is 2. The average molecular weight is 844 g/mol. The first-order valence-electron chi connectivity index (χ1n) is 16.0. The van der Waals surface area contributed by atoms with Gasteiger partial charge in [-0.3, -0.25) is 20.4 Å². The van der Waals surface area contributed by atoms with E-state index in [0.717, 1.165) is 30.4 Å². The minimum absolute atomic E-state index is 0. The molecule has 0 unspecified atom stereocenters. The molecule has 6 N–H and O–H groups in total. The summed E-state index contributed by atoms with van der Waals surface area (Å²) in [6.07, 6.45) is 6.94. The van der Waals surface area contributed by atoms with Gasteiger partial charge < -0.3 is 34.4 Å². The number of nitrogens with one attached hydrogen (secondary N) is 2. The van der Waals surface area contributed by atoms with Crippen LogP contribution in [0.15, 0.2) is 103 Å². The zero-order chi connectivity index (χ0) is 42.0. The molecule has 19 nitrogen and oxygen atoms in total. The van der Waals surface area contributed by atoms with Crippen molar-refractivity contribution in [1.29, 1.82) is 0 Å². The van der Waals surface area contributed by atoms with Gasteiger partial charge in [-0.2, -0.15) is 10.2 Å². The minimum Gasteiger partial charge on any atom is -0.744 e. The molecule has 0 heterocycles. The number of likely N-dealkylation sites (N-methyl/N-ethyl adjacent to an activating group) is 1. The Labute approximate surface area is 367 Å². The molecule has 2 aliphatic rings. The molecule has 0 fully saturated rings. The Balaban J connectivity index is 0.00000152. The number of Topliss-reactive ketones (excluding diaryl/α,β-unsaturated/α-hetero) is 2. The summed E-state index contributed by atoms with van der Waals surface area (Å²) in [6, 6.07) is 6.97. The number of allylic oxidation sites excluding steroid dienone is 6. The third-order valence-electron chi connectivity index (χ3n) is 7.58. The van der Waals surface area contributed by atoms with Crippen molar-refractivity contribution < 1.29 is 114 Å². The topological polar surface area (TPSA) is 316 Å². The number of aliphatic carboxylic acids is 2. The van der Waals surface area contributed by atoms with Crippen molar-refractivity contribution in [3.8, 4) is 0 Å². The van der Waals surface area contributed by atoms with E-state index >= 15 is 0 Å². The molecule has 0 saturated carbocycles. The molecule has 23 heteroatoms. The number of aliphatic hydroxyl groups is 2. The van der Waals surface area contributed by atoms with Crippen LogP contribution >= 0.6 is 0 Å². The summed E-state index contributed by atoms with van der Waals surface area (Å²) in [5.41, 5.74) is 3.62. The Morgan fingerprint density at radius 3 is 1.67 bits per heavy atom. The van der Waals surface area contributed by atoms with Gasteiger partial charge in [0.25, 0.3) is 0 Å². The van der Waals surface area contributed by atoms with Gasteiger partial charge in [0.15, 0.2) is 11.6 Å². The Kier molecular flexibility index (Phi) is 20.2. The number of rotatable bonds is 14. The number of hydrazone groups is 2. The second-order valence-corrected chi connectivity index (χ2v) is 14.5. The average Bonchev–Trinajstić information content (AvgIpc) is 3.11. The van der Waals surface area contributed by atoms with Crippen LogP contribution < -0.4 is 59.3 Å². The smallest absolute Gasteiger partial charge is 0.744 e. The summed E-state index contributed by atoms with van der Waals surface area (Å²) >= 11 is 0. The summed E-state index contributed by atoms with van der Waals surface area (Å²) in [5.74, 6) is -4.38. The minimum atomic E-state index is -5.12. The van der Waals surface area contributed by atoms with Crippen LogP contribution in [0.1, 0.15) is 25.0 Å². The fraction of sp³-hybridized carbons (Fsp3) is 0.200. The second-order valence-electron chi connectivity index (χ2n) is 11.8. The molecule has 0 amide bonds. The predicted molar refractivity (Wildman–Crippen MR) is 200 cm³/mol. The van der Waals surface area contributed by atoms with Crippen LogP contribution in [-0.2, 0) is 39.4 Å². The second kappa shape index (κ2) is 22.7. The van der Waals surface area contributed by atoms with Crippen molar-refractivity contribution in [2.45, 2.75) is 23.6 Å². The normalized spacial score (nSPS) is 15.7. The number of carboxylic acid groups (broad SMARTS) is 2. The van der Waals surface area contributed by atoms with Crippen molar-refractivity contribution >= 4 is 78.7 Å². The molecule has 4 rings (SSSR count). The molecule has 2 aromatic carbocycles. The molecule has 0 radical (unpaired) electrons. The van der Waals surface area contributed by atoms with E-state index in [4.69, 9.17) is 10.2 Å².